The van der Waals surface area contributed by atoms with E-state index in [-0.39, 0.29) is 10.9 Å². The quantitative estimate of drug-likeness (QED) is 0.769. The first-order chi connectivity index (χ1) is 6.42. The van der Waals surface area contributed by atoms with E-state index in [2.05, 4.69) is 22.5 Å². The van der Waals surface area contributed by atoms with Crippen LogP contribution in [0.2, 0.25) is 5.02 Å². The summed E-state index contributed by atoms with van der Waals surface area (Å²) in [5.41, 5.74) is 0.528. The Morgan fingerprint density at radius 3 is 2.29 bits per heavy atom. The van der Waals surface area contributed by atoms with Crippen LogP contribution in [-0.2, 0) is 6.42 Å². The van der Waals surface area contributed by atoms with Gasteiger partial charge >= 0.3 is 0 Å². The van der Waals surface area contributed by atoms with Crippen molar-refractivity contribution in [3.05, 3.63) is 45.9 Å². The molecule has 0 spiro atoms. The molecule has 4 heteroatoms. The lowest BCUT2D eigenvalue weighted by molar-refractivity contribution is 0.0528. The Bertz CT molecular complexity index is 332. The molecule has 0 nitrogen and oxygen atoms in total. The van der Waals surface area contributed by atoms with Crippen molar-refractivity contribution in [1.29, 1.82) is 0 Å². The molecule has 1 rings (SSSR count). The number of benzene rings is 1. The Kier molecular flexibility index (Phi) is 3.67. The zero-order chi connectivity index (χ0) is 10.8. The molecule has 0 aliphatic heterocycles. The largest absolute Gasteiger partial charge is 0.282 e. The Morgan fingerprint density at radius 2 is 1.86 bits per heavy atom. The van der Waals surface area contributed by atoms with E-state index >= 15 is 0 Å². The van der Waals surface area contributed by atoms with Crippen LogP contribution in [0.5, 0.6) is 0 Å². The summed E-state index contributed by atoms with van der Waals surface area (Å²) < 4.78 is 26.0. The van der Waals surface area contributed by atoms with Crippen LogP contribution in [0.1, 0.15) is 5.56 Å². The highest BCUT2D eigenvalue weighted by atomic mass is 79.9. The number of alkyl halides is 2. The third-order valence-corrected chi connectivity index (χ3v) is 2.57. The van der Waals surface area contributed by atoms with E-state index in [1.54, 1.807) is 24.3 Å². The topological polar surface area (TPSA) is 0 Å². The van der Waals surface area contributed by atoms with Crippen molar-refractivity contribution in [2.45, 2.75) is 12.3 Å². The van der Waals surface area contributed by atoms with Gasteiger partial charge in [-0.2, -0.15) is 0 Å². The second-order valence-electron chi connectivity index (χ2n) is 2.91. The van der Waals surface area contributed by atoms with Crippen LogP contribution in [0.25, 0.3) is 0 Å². The van der Waals surface area contributed by atoms with Crippen LogP contribution < -0.4 is 0 Å². The Labute approximate surface area is 94.7 Å². The van der Waals surface area contributed by atoms with Gasteiger partial charge in [0.2, 0.25) is 0 Å². The van der Waals surface area contributed by atoms with Crippen molar-refractivity contribution in [1.82, 2.24) is 0 Å². The van der Waals surface area contributed by atoms with Gasteiger partial charge in [-0.15, -0.1) is 0 Å². The summed E-state index contributed by atoms with van der Waals surface area (Å²) in [5.74, 6) is -2.92. The lowest BCUT2D eigenvalue weighted by atomic mass is 10.1. The molecule has 1 aromatic rings. The normalized spacial score (nSPS) is 11.4. The van der Waals surface area contributed by atoms with E-state index in [4.69, 9.17) is 11.6 Å². The van der Waals surface area contributed by atoms with Gasteiger partial charge in [-0.3, -0.25) is 0 Å². The zero-order valence-electron chi connectivity index (χ0n) is 7.24. The highest BCUT2D eigenvalue weighted by Crippen LogP contribution is 2.31. The van der Waals surface area contributed by atoms with Gasteiger partial charge in [-0.05, 0) is 33.6 Å². The van der Waals surface area contributed by atoms with Gasteiger partial charge in [0.15, 0.2) is 0 Å². The van der Waals surface area contributed by atoms with Gasteiger partial charge in [0.05, 0.1) is 4.48 Å². The Hall–Kier alpha value is -0.410. The monoisotopic (exact) mass is 280 g/mol. The highest BCUT2D eigenvalue weighted by molar-refractivity contribution is 9.11. The second-order valence-corrected chi connectivity index (χ2v) is 4.31. The first-order valence-corrected chi connectivity index (χ1v) is 5.06. The number of rotatable bonds is 3. The number of hydrogen-bond donors (Lipinski definition) is 0. The first-order valence-electron chi connectivity index (χ1n) is 3.89. The fourth-order valence-corrected chi connectivity index (χ4v) is 1.22. The van der Waals surface area contributed by atoms with Gasteiger partial charge in [-0.1, -0.05) is 30.3 Å². The molecule has 0 N–H and O–H groups in total. The Morgan fingerprint density at radius 1 is 1.36 bits per heavy atom. The zero-order valence-corrected chi connectivity index (χ0v) is 9.58. The van der Waals surface area contributed by atoms with Crippen molar-refractivity contribution >= 4 is 27.5 Å². The minimum atomic E-state index is -2.92. The molecule has 1 aromatic carbocycles. The molecule has 76 valence electrons. The molecule has 0 bridgehead atoms. The summed E-state index contributed by atoms with van der Waals surface area (Å²) in [6, 6.07) is 6.33. The molecule has 0 radical (unpaired) electrons. The van der Waals surface area contributed by atoms with E-state index in [1.165, 1.54) is 0 Å². The fourth-order valence-electron chi connectivity index (χ4n) is 0.955. The van der Waals surface area contributed by atoms with E-state index < -0.39 is 5.92 Å². The van der Waals surface area contributed by atoms with Crippen molar-refractivity contribution in [3.63, 3.8) is 0 Å². The van der Waals surface area contributed by atoms with E-state index in [0.717, 1.165) is 0 Å². The molecule has 0 amide bonds. The second kappa shape index (κ2) is 4.41. The molecule has 0 fully saturated rings. The van der Waals surface area contributed by atoms with Crippen molar-refractivity contribution in [3.8, 4) is 0 Å². The summed E-state index contributed by atoms with van der Waals surface area (Å²) in [6.07, 6.45) is -0.367. The molecule has 0 aliphatic rings. The number of hydrogen-bond acceptors (Lipinski definition) is 0. The smallest absolute Gasteiger partial charge is 0.200 e. The third kappa shape index (κ3) is 3.07. The lowest BCUT2D eigenvalue weighted by Crippen LogP contribution is -2.18. The van der Waals surface area contributed by atoms with Crippen LogP contribution in [0.4, 0.5) is 8.78 Å². The maximum absolute atomic E-state index is 13.2. The highest BCUT2D eigenvalue weighted by Gasteiger charge is 2.31. The molecule has 14 heavy (non-hydrogen) atoms. The fraction of sp³-hybridized carbons (Fsp3) is 0.200. The van der Waals surface area contributed by atoms with Crippen LogP contribution in [0.15, 0.2) is 35.3 Å². The minimum absolute atomic E-state index is 0.306. The summed E-state index contributed by atoms with van der Waals surface area (Å²) in [7, 11) is 0. The van der Waals surface area contributed by atoms with Gasteiger partial charge in [0, 0.05) is 11.4 Å². The average molecular weight is 282 g/mol. The van der Waals surface area contributed by atoms with Crippen molar-refractivity contribution < 1.29 is 8.78 Å². The lowest BCUT2D eigenvalue weighted by Gasteiger charge is -2.14. The maximum atomic E-state index is 13.2. The maximum Gasteiger partial charge on any atom is 0.282 e. The molecular weight excluding hydrogens is 273 g/mol. The average Bonchev–Trinajstić information content (AvgIpc) is 2.08. The van der Waals surface area contributed by atoms with Crippen molar-refractivity contribution in [2.24, 2.45) is 0 Å². The standard InChI is InChI=1S/C10H8BrClF2/c1-7(11)10(13,14)6-8-2-4-9(12)5-3-8/h2-5H,1,6H2. The number of halogens is 4. The molecule has 0 aliphatic carbocycles. The van der Waals surface area contributed by atoms with Crippen LogP contribution >= 0.6 is 27.5 Å². The summed E-state index contributed by atoms with van der Waals surface area (Å²) >= 11 is 8.33. The Balaban J connectivity index is 2.79. The van der Waals surface area contributed by atoms with Crippen LogP contribution in [0, 0.1) is 0 Å². The molecule has 0 heterocycles. The van der Waals surface area contributed by atoms with Crippen molar-refractivity contribution in [2.75, 3.05) is 0 Å². The van der Waals surface area contributed by atoms with Gasteiger partial charge in [0.1, 0.15) is 0 Å². The van der Waals surface area contributed by atoms with Gasteiger partial charge < -0.3 is 0 Å². The molecule has 0 saturated heterocycles. The molecule has 0 unspecified atom stereocenters. The predicted molar refractivity (Wildman–Crippen MR) is 58.2 cm³/mol. The number of allylic oxidation sites excluding steroid dienone is 1. The summed E-state index contributed by atoms with van der Waals surface area (Å²) in [5, 5.41) is 0.537. The summed E-state index contributed by atoms with van der Waals surface area (Å²) in [6.45, 7) is 3.18. The van der Waals surface area contributed by atoms with Gasteiger partial charge in [-0.25, -0.2) is 8.78 Å². The predicted octanol–water partition coefficient (Wildman–Crippen LogP) is 4.43. The SMILES string of the molecule is C=C(Br)C(F)(F)Cc1ccc(Cl)cc1. The van der Waals surface area contributed by atoms with E-state index in [9.17, 15) is 8.78 Å². The molecule has 0 atom stereocenters. The van der Waals surface area contributed by atoms with Crippen LogP contribution in [-0.4, -0.2) is 5.92 Å². The minimum Gasteiger partial charge on any atom is -0.200 e. The van der Waals surface area contributed by atoms with E-state index in [0.29, 0.717) is 10.6 Å². The summed E-state index contributed by atoms with van der Waals surface area (Å²) in [4.78, 5) is 0. The van der Waals surface area contributed by atoms with E-state index in [1.807, 2.05) is 0 Å². The molecular formula is C10H8BrClF2. The molecule has 0 aromatic heterocycles. The third-order valence-electron chi connectivity index (χ3n) is 1.74. The van der Waals surface area contributed by atoms with Gasteiger partial charge in [0.25, 0.3) is 5.92 Å². The first kappa shape index (κ1) is 11.7. The van der Waals surface area contributed by atoms with Crippen LogP contribution in [0.3, 0.4) is 0 Å². The molecule has 0 saturated carbocycles.